The van der Waals surface area contributed by atoms with Crippen molar-refractivity contribution in [2.24, 2.45) is 0 Å². The Labute approximate surface area is 101 Å². The highest BCUT2D eigenvalue weighted by molar-refractivity contribution is 5.28. The lowest BCUT2D eigenvalue weighted by atomic mass is 10.2. The van der Waals surface area contributed by atoms with Gasteiger partial charge in [0.05, 0.1) is 13.7 Å². The summed E-state index contributed by atoms with van der Waals surface area (Å²) < 4.78 is 7.34. The molecule has 0 aliphatic heterocycles. The molecule has 0 spiro atoms. The maximum atomic E-state index is 5.21. The van der Waals surface area contributed by atoms with Crippen LogP contribution in [0.4, 0.5) is 0 Å². The molecule has 1 N–H and O–H groups in total. The van der Waals surface area contributed by atoms with E-state index < -0.39 is 0 Å². The number of ether oxygens (including phenoxy) is 1. The molecule has 90 valence electrons. The fourth-order valence-electron chi connectivity index (χ4n) is 1.78. The van der Waals surface area contributed by atoms with Crippen molar-refractivity contribution in [3.05, 3.63) is 48.0 Å². The van der Waals surface area contributed by atoms with Gasteiger partial charge in [0.25, 0.3) is 0 Å². The van der Waals surface area contributed by atoms with Gasteiger partial charge in [0, 0.05) is 18.9 Å². The molecule has 0 saturated carbocycles. The summed E-state index contributed by atoms with van der Waals surface area (Å²) in [7, 11) is 3.60. The molecule has 0 saturated heterocycles. The number of hydrogen-bond acceptors (Lipinski definition) is 3. The summed E-state index contributed by atoms with van der Waals surface area (Å²) in [5.41, 5.74) is 1.21. The SMILES string of the molecule is CNCc1nccn1Cc1cccc(OC)c1. The number of nitrogens with zero attached hydrogens (tertiary/aromatic N) is 2. The van der Waals surface area contributed by atoms with Gasteiger partial charge in [0.1, 0.15) is 11.6 Å². The summed E-state index contributed by atoms with van der Waals surface area (Å²) in [5.74, 6) is 1.92. The zero-order chi connectivity index (χ0) is 12.1. The largest absolute Gasteiger partial charge is 0.497 e. The molecular formula is C13H17N3O. The highest BCUT2D eigenvalue weighted by atomic mass is 16.5. The number of methoxy groups -OCH3 is 1. The lowest BCUT2D eigenvalue weighted by Crippen LogP contribution is -2.12. The van der Waals surface area contributed by atoms with Gasteiger partial charge in [0.15, 0.2) is 0 Å². The van der Waals surface area contributed by atoms with Gasteiger partial charge in [-0.1, -0.05) is 12.1 Å². The quantitative estimate of drug-likeness (QED) is 0.850. The maximum absolute atomic E-state index is 5.21. The Hall–Kier alpha value is -1.81. The fourth-order valence-corrected chi connectivity index (χ4v) is 1.78. The predicted molar refractivity (Wildman–Crippen MR) is 67.1 cm³/mol. The molecule has 0 amide bonds. The highest BCUT2D eigenvalue weighted by Gasteiger charge is 2.03. The van der Waals surface area contributed by atoms with E-state index in [1.807, 2.05) is 37.6 Å². The van der Waals surface area contributed by atoms with Crippen molar-refractivity contribution in [2.75, 3.05) is 14.2 Å². The van der Waals surface area contributed by atoms with Crippen molar-refractivity contribution in [3.8, 4) is 5.75 Å². The third-order valence-corrected chi connectivity index (χ3v) is 2.62. The summed E-state index contributed by atoms with van der Waals surface area (Å²) >= 11 is 0. The summed E-state index contributed by atoms with van der Waals surface area (Å²) in [6.45, 7) is 1.59. The minimum absolute atomic E-state index is 0.775. The van der Waals surface area contributed by atoms with E-state index in [-0.39, 0.29) is 0 Å². The standard InChI is InChI=1S/C13H17N3O/c1-14-9-13-15-6-7-16(13)10-11-4-3-5-12(8-11)17-2/h3-8,14H,9-10H2,1-2H3. The fraction of sp³-hybridized carbons (Fsp3) is 0.308. The Bertz CT molecular complexity index is 479. The Morgan fingerprint density at radius 3 is 3.06 bits per heavy atom. The van der Waals surface area contributed by atoms with Gasteiger partial charge in [-0.3, -0.25) is 0 Å². The molecule has 1 aromatic heterocycles. The normalized spacial score (nSPS) is 10.5. The zero-order valence-corrected chi connectivity index (χ0v) is 10.2. The Morgan fingerprint density at radius 1 is 1.41 bits per heavy atom. The van der Waals surface area contributed by atoms with Gasteiger partial charge in [0.2, 0.25) is 0 Å². The van der Waals surface area contributed by atoms with Gasteiger partial charge in [-0.25, -0.2) is 4.98 Å². The third kappa shape index (κ3) is 2.85. The average molecular weight is 231 g/mol. The maximum Gasteiger partial charge on any atom is 0.122 e. The minimum Gasteiger partial charge on any atom is -0.497 e. The first-order valence-electron chi connectivity index (χ1n) is 5.61. The molecule has 2 rings (SSSR count). The Kier molecular flexibility index (Phi) is 3.77. The average Bonchev–Trinajstić information content (AvgIpc) is 2.78. The van der Waals surface area contributed by atoms with Crippen LogP contribution in [0.3, 0.4) is 0 Å². The first kappa shape index (κ1) is 11.7. The van der Waals surface area contributed by atoms with Crippen molar-refractivity contribution in [1.29, 1.82) is 0 Å². The van der Waals surface area contributed by atoms with E-state index in [4.69, 9.17) is 4.74 Å². The van der Waals surface area contributed by atoms with E-state index in [1.165, 1.54) is 5.56 Å². The molecule has 0 aliphatic carbocycles. The van der Waals surface area contributed by atoms with E-state index in [1.54, 1.807) is 7.11 Å². The van der Waals surface area contributed by atoms with E-state index in [0.717, 1.165) is 24.7 Å². The molecular weight excluding hydrogens is 214 g/mol. The van der Waals surface area contributed by atoms with Crippen LogP contribution < -0.4 is 10.1 Å². The summed E-state index contributed by atoms with van der Waals surface area (Å²) in [6, 6.07) is 8.09. The Balaban J connectivity index is 2.16. The van der Waals surface area contributed by atoms with Crippen LogP contribution >= 0.6 is 0 Å². The first-order valence-corrected chi connectivity index (χ1v) is 5.61. The number of imidazole rings is 1. The van der Waals surface area contributed by atoms with E-state index in [9.17, 15) is 0 Å². The van der Waals surface area contributed by atoms with Crippen LogP contribution in [0.1, 0.15) is 11.4 Å². The zero-order valence-electron chi connectivity index (χ0n) is 10.2. The van der Waals surface area contributed by atoms with Crippen LogP contribution in [0, 0.1) is 0 Å². The van der Waals surface area contributed by atoms with E-state index in [2.05, 4.69) is 20.9 Å². The number of rotatable bonds is 5. The van der Waals surface area contributed by atoms with Crippen LogP contribution in [-0.2, 0) is 13.1 Å². The van der Waals surface area contributed by atoms with E-state index in [0.29, 0.717) is 0 Å². The Morgan fingerprint density at radius 2 is 2.29 bits per heavy atom. The summed E-state index contributed by atoms with van der Waals surface area (Å²) in [5, 5.41) is 3.11. The predicted octanol–water partition coefficient (Wildman–Crippen LogP) is 1.66. The van der Waals surface area contributed by atoms with Crippen molar-refractivity contribution in [2.45, 2.75) is 13.1 Å². The third-order valence-electron chi connectivity index (χ3n) is 2.62. The van der Waals surface area contributed by atoms with Gasteiger partial charge < -0.3 is 14.6 Å². The summed E-state index contributed by atoms with van der Waals surface area (Å²) in [6.07, 6.45) is 3.82. The van der Waals surface area contributed by atoms with Gasteiger partial charge in [-0.2, -0.15) is 0 Å². The molecule has 0 radical (unpaired) electrons. The minimum atomic E-state index is 0.775. The highest BCUT2D eigenvalue weighted by Crippen LogP contribution is 2.14. The molecule has 1 aromatic carbocycles. The topological polar surface area (TPSA) is 39.1 Å². The molecule has 0 unspecified atom stereocenters. The van der Waals surface area contributed by atoms with Crippen LogP contribution in [-0.4, -0.2) is 23.7 Å². The van der Waals surface area contributed by atoms with Crippen LogP contribution in [0.2, 0.25) is 0 Å². The van der Waals surface area contributed by atoms with Crippen LogP contribution in [0.5, 0.6) is 5.75 Å². The lowest BCUT2D eigenvalue weighted by molar-refractivity contribution is 0.414. The van der Waals surface area contributed by atoms with Gasteiger partial charge >= 0.3 is 0 Å². The first-order chi connectivity index (χ1) is 8.33. The summed E-state index contributed by atoms with van der Waals surface area (Å²) in [4.78, 5) is 4.31. The molecule has 0 bridgehead atoms. The molecule has 0 aliphatic rings. The van der Waals surface area contributed by atoms with Gasteiger partial charge in [-0.05, 0) is 24.7 Å². The molecule has 2 aromatic rings. The second-order valence-corrected chi connectivity index (χ2v) is 3.85. The molecule has 0 fully saturated rings. The number of nitrogens with one attached hydrogen (secondary N) is 1. The van der Waals surface area contributed by atoms with Crippen molar-refractivity contribution < 1.29 is 4.74 Å². The smallest absolute Gasteiger partial charge is 0.122 e. The van der Waals surface area contributed by atoms with E-state index >= 15 is 0 Å². The van der Waals surface area contributed by atoms with Crippen LogP contribution in [0.15, 0.2) is 36.7 Å². The van der Waals surface area contributed by atoms with Crippen molar-refractivity contribution >= 4 is 0 Å². The number of benzene rings is 1. The van der Waals surface area contributed by atoms with Crippen molar-refractivity contribution in [1.82, 2.24) is 14.9 Å². The molecule has 4 nitrogen and oxygen atoms in total. The van der Waals surface area contributed by atoms with Crippen LogP contribution in [0.25, 0.3) is 0 Å². The van der Waals surface area contributed by atoms with Gasteiger partial charge in [-0.15, -0.1) is 0 Å². The molecule has 17 heavy (non-hydrogen) atoms. The molecule has 1 heterocycles. The monoisotopic (exact) mass is 231 g/mol. The number of aromatic nitrogens is 2. The molecule has 4 heteroatoms. The lowest BCUT2D eigenvalue weighted by Gasteiger charge is -2.08. The molecule has 0 atom stereocenters. The number of hydrogen-bond donors (Lipinski definition) is 1. The second kappa shape index (κ2) is 5.50. The second-order valence-electron chi connectivity index (χ2n) is 3.85. The van der Waals surface area contributed by atoms with Crippen molar-refractivity contribution in [3.63, 3.8) is 0 Å².